The number of carbonyl (C=O) groups excluding carboxylic acids is 1. The lowest BCUT2D eigenvalue weighted by molar-refractivity contribution is -0.117. The van der Waals surface area contributed by atoms with Gasteiger partial charge in [-0.15, -0.1) is 0 Å². The van der Waals surface area contributed by atoms with E-state index in [4.69, 9.17) is 4.74 Å². The summed E-state index contributed by atoms with van der Waals surface area (Å²) in [4.78, 5) is 13.9. The molecule has 21 heavy (non-hydrogen) atoms. The van der Waals surface area contributed by atoms with Crippen molar-refractivity contribution in [3.05, 3.63) is 29.6 Å². The molecule has 0 bridgehead atoms. The normalized spacial score (nSPS) is 18.8. The van der Waals surface area contributed by atoms with Crippen LogP contribution in [-0.4, -0.2) is 43.7 Å². The molecule has 4 nitrogen and oxygen atoms in total. The molecule has 1 fully saturated rings. The Morgan fingerprint density at radius 2 is 2.29 bits per heavy atom. The number of benzene rings is 1. The quantitative estimate of drug-likeness (QED) is 0.907. The molecule has 1 aliphatic heterocycles. The van der Waals surface area contributed by atoms with Crippen LogP contribution in [0.3, 0.4) is 0 Å². The highest BCUT2D eigenvalue weighted by Crippen LogP contribution is 2.15. The predicted octanol–water partition coefficient (Wildman–Crippen LogP) is 2.57. The first-order chi connectivity index (χ1) is 10.0. The summed E-state index contributed by atoms with van der Waals surface area (Å²) in [5, 5.41) is 2.72. The Kier molecular flexibility index (Phi) is 5.70. The molecule has 2 rings (SSSR count). The molecular weight excluding hydrogens is 271 g/mol. The second kappa shape index (κ2) is 7.52. The Morgan fingerprint density at radius 1 is 1.48 bits per heavy atom. The number of halogens is 1. The van der Waals surface area contributed by atoms with Gasteiger partial charge >= 0.3 is 0 Å². The molecule has 0 spiro atoms. The van der Waals surface area contributed by atoms with Gasteiger partial charge in [-0.25, -0.2) is 4.39 Å². The van der Waals surface area contributed by atoms with E-state index in [1.54, 1.807) is 19.1 Å². The van der Waals surface area contributed by atoms with Crippen LogP contribution < -0.4 is 5.32 Å². The molecule has 0 aromatic heterocycles. The number of nitrogens with zero attached hydrogens (tertiary/aromatic N) is 1. The predicted molar refractivity (Wildman–Crippen MR) is 80.9 cm³/mol. The van der Waals surface area contributed by atoms with Crippen LogP contribution >= 0.6 is 0 Å². The van der Waals surface area contributed by atoms with Crippen molar-refractivity contribution in [2.24, 2.45) is 0 Å². The standard InChI is InChI=1S/C16H23FN2O2/c1-12-6-7-13(9-15(12)17)18-16(20)11-19(2)10-14-5-3-4-8-21-14/h6-7,9,14H,3-5,8,10-11H2,1-2H3,(H,18,20)/t14-/m0/s1. The fourth-order valence-electron chi connectivity index (χ4n) is 2.48. The summed E-state index contributed by atoms with van der Waals surface area (Å²) < 4.78 is 19.1. The molecule has 0 aliphatic carbocycles. The molecule has 1 heterocycles. The summed E-state index contributed by atoms with van der Waals surface area (Å²) in [7, 11) is 1.90. The van der Waals surface area contributed by atoms with Gasteiger partial charge in [-0.05, 0) is 50.9 Å². The van der Waals surface area contributed by atoms with Gasteiger partial charge in [0.05, 0.1) is 12.6 Å². The zero-order valence-corrected chi connectivity index (χ0v) is 12.7. The lowest BCUT2D eigenvalue weighted by Crippen LogP contribution is -2.37. The molecule has 5 heteroatoms. The molecule has 1 saturated heterocycles. The van der Waals surface area contributed by atoms with E-state index in [-0.39, 0.29) is 24.4 Å². The molecule has 1 aromatic carbocycles. The number of aryl methyl sites for hydroxylation is 1. The summed E-state index contributed by atoms with van der Waals surface area (Å²) in [6.45, 7) is 3.53. The minimum Gasteiger partial charge on any atom is -0.377 e. The minimum atomic E-state index is -0.309. The van der Waals surface area contributed by atoms with E-state index in [1.807, 2.05) is 11.9 Å². The monoisotopic (exact) mass is 294 g/mol. The topological polar surface area (TPSA) is 41.6 Å². The molecular formula is C16H23FN2O2. The third-order valence-electron chi connectivity index (χ3n) is 3.66. The Hall–Kier alpha value is -1.46. The number of nitrogens with one attached hydrogen (secondary N) is 1. The van der Waals surface area contributed by atoms with Gasteiger partial charge in [0.25, 0.3) is 0 Å². The van der Waals surface area contributed by atoms with Crippen molar-refractivity contribution >= 4 is 11.6 Å². The van der Waals surface area contributed by atoms with Crippen LogP contribution in [-0.2, 0) is 9.53 Å². The maximum absolute atomic E-state index is 13.4. The fraction of sp³-hybridized carbons (Fsp3) is 0.562. The molecule has 0 radical (unpaired) electrons. The highest BCUT2D eigenvalue weighted by atomic mass is 19.1. The number of carbonyl (C=O) groups is 1. The third kappa shape index (κ3) is 5.10. The molecule has 0 saturated carbocycles. The maximum Gasteiger partial charge on any atom is 0.238 e. The summed E-state index contributed by atoms with van der Waals surface area (Å²) in [5.41, 5.74) is 1.06. The van der Waals surface area contributed by atoms with Crippen molar-refractivity contribution in [1.29, 1.82) is 0 Å². The highest BCUT2D eigenvalue weighted by molar-refractivity contribution is 5.92. The zero-order chi connectivity index (χ0) is 15.2. The second-order valence-corrected chi connectivity index (χ2v) is 5.70. The first kappa shape index (κ1) is 15.9. The van der Waals surface area contributed by atoms with Crippen LogP contribution in [0, 0.1) is 12.7 Å². The minimum absolute atomic E-state index is 0.142. The largest absolute Gasteiger partial charge is 0.377 e. The number of rotatable bonds is 5. The lowest BCUT2D eigenvalue weighted by atomic mass is 10.1. The SMILES string of the molecule is Cc1ccc(NC(=O)CN(C)C[C@@H]2CCCCO2)cc1F. The summed E-state index contributed by atoms with van der Waals surface area (Å²) in [6, 6.07) is 4.71. The van der Waals surface area contributed by atoms with E-state index >= 15 is 0 Å². The molecule has 0 unspecified atom stereocenters. The molecule has 1 aliphatic rings. The van der Waals surface area contributed by atoms with Crippen molar-refractivity contribution in [1.82, 2.24) is 4.90 Å². The van der Waals surface area contributed by atoms with Gasteiger partial charge in [-0.1, -0.05) is 6.07 Å². The van der Waals surface area contributed by atoms with E-state index < -0.39 is 0 Å². The van der Waals surface area contributed by atoms with E-state index in [1.165, 1.54) is 12.5 Å². The van der Waals surface area contributed by atoms with Crippen molar-refractivity contribution in [3.8, 4) is 0 Å². The van der Waals surface area contributed by atoms with Crippen LogP contribution in [0.1, 0.15) is 24.8 Å². The van der Waals surface area contributed by atoms with Gasteiger partial charge in [0.15, 0.2) is 0 Å². The Balaban J connectivity index is 1.78. The van der Waals surface area contributed by atoms with Gasteiger partial charge < -0.3 is 10.1 Å². The van der Waals surface area contributed by atoms with E-state index in [2.05, 4.69) is 5.32 Å². The zero-order valence-electron chi connectivity index (χ0n) is 12.7. The van der Waals surface area contributed by atoms with Gasteiger partial charge in [-0.3, -0.25) is 9.69 Å². The van der Waals surface area contributed by atoms with E-state index in [9.17, 15) is 9.18 Å². The number of likely N-dealkylation sites (N-methyl/N-ethyl adjacent to an activating group) is 1. The van der Waals surface area contributed by atoms with Gasteiger partial charge in [-0.2, -0.15) is 0 Å². The summed E-state index contributed by atoms with van der Waals surface area (Å²) in [5.74, 6) is -0.451. The average molecular weight is 294 g/mol. The van der Waals surface area contributed by atoms with Crippen LogP contribution in [0.15, 0.2) is 18.2 Å². The number of hydrogen-bond acceptors (Lipinski definition) is 3. The Bertz CT molecular complexity index is 487. The number of ether oxygens (including phenoxy) is 1. The second-order valence-electron chi connectivity index (χ2n) is 5.70. The molecule has 1 amide bonds. The number of hydrogen-bond donors (Lipinski definition) is 1. The lowest BCUT2D eigenvalue weighted by Gasteiger charge is -2.27. The van der Waals surface area contributed by atoms with E-state index in [0.29, 0.717) is 11.3 Å². The Labute approximate surface area is 125 Å². The van der Waals surface area contributed by atoms with Gasteiger partial charge in [0.2, 0.25) is 5.91 Å². The van der Waals surface area contributed by atoms with Crippen LogP contribution in [0.2, 0.25) is 0 Å². The van der Waals surface area contributed by atoms with Crippen LogP contribution in [0.5, 0.6) is 0 Å². The molecule has 1 atom stereocenters. The first-order valence-corrected chi connectivity index (χ1v) is 7.41. The summed E-state index contributed by atoms with van der Waals surface area (Å²) in [6.07, 6.45) is 3.58. The Morgan fingerprint density at radius 3 is 2.95 bits per heavy atom. The maximum atomic E-state index is 13.4. The fourth-order valence-corrected chi connectivity index (χ4v) is 2.48. The first-order valence-electron chi connectivity index (χ1n) is 7.41. The molecule has 116 valence electrons. The molecule has 1 aromatic rings. The van der Waals surface area contributed by atoms with Crippen molar-refractivity contribution < 1.29 is 13.9 Å². The molecule has 1 N–H and O–H groups in total. The van der Waals surface area contributed by atoms with Gasteiger partial charge in [0.1, 0.15) is 5.82 Å². The van der Waals surface area contributed by atoms with Gasteiger partial charge in [0, 0.05) is 18.8 Å². The number of anilines is 1. The summed E-state index contributed by atoms with van der Waals surface area (Å²) >= 11 is 0. The van der Waals surface area contributed by atoms with Crippen molar-refractivity contribution in [2.75, 3.05) is 32.1 Å². The average Bonchev–Trinajstić information content (AvgIpc) is 2.43. The number of amides is 1. The van der Waals surface area contributed by atoms with E-state index in [0.717, 1.165) is 26.0 Å². The smallest absolute Gasteiger partial charge is 0.238 e. The highest BCUT2D eigenvalue weighted by Gasteiger charge is 2.17. The third-order valence-corrected chi connectivity index (χ3v) is 3.66. The van der Waals surface area contributed by atoms with Crippen LogP contribution in [0.4, 0.5) is 10.1 Å². The van der Waals surface area contributed by atoms with Crippen molar-refractivity contribution in [3.63, 3.8) is 0 Å². The van der Waals surface area contributed by atoms with Crippen LogP contribution in [0.25, 0.3) is 0 Å². The van der Waals surface area contributed by atoms with Crippen molar-refractivity contribution in [2.45, 2.75) is 32.3 Å².